The fourth-order valence-corrected chi connectivity index (χ4v) is 2.25. The molecular formula is C19H20N2O3. The van der Waals surface area contributed by atoms with Crippen molar-refractivity contribution in [3.8, 4) is 0 Å². The van der Waals surface area contributed by atoms with Crippen LogP contribution in [0.3, 0.4) is 0 Å². The minimum Gasteiger partial charge on any atom is -0.355 e. The summed E-state index contributed by atoms with van der Waals surface area (Å²) in [4.78, 5) is 35.9. The number of rotatable bonds is 6. The van der Waals surface area contributed by atoms with Gasteiger partial charge < -0.3 is 10.6 Å². The molecular weight excluding hydrogens is 304 g/mol. The smallest absolute Gasteiger partial charge is 0.253 e. The Kier molecular flexibility index (Phi) is 5.84. The van der Waals surface area contributed by atoms with Crippen molar-refractivity contribution in [1.82, 2.24) is 5.32 Å². The molecule has 5 heteroatoms. The van der Waals surface area contributed by atoms with E-state index in [-0.39, 0.29) is 30.4 Å². The zero-order valence-electron chi connectivity index (χ0n) is 13.8. The fourth-order valence-electron chi connectivity index (χ4n) is 2.25. The normalized spacial score (nSPS) is 10.1. The van der Waals surface area contributed by atoms with E-state index in [1.807, 2.05) is 19.1 Å². The Balaban J connectivity index is 1.95. The van der Waals surface area contributed by atoms with Gasteiger partial charge in [-0.2, -0.15) is 0 Å². The molecule has 2 N–H and O–H groups in total. The Hall–Kier alpha value is -2.95. The summed E-state index contributed by atoms with van der Waals surface area (Å²) in [5.41, 5.74) is 2.50. The van der Waals surface area contributed by atoms with E-state index in [4.69, 9.17) is 0 Å². The molecule has 0 radical (unpaired) electrons. The van der Waals surface area contributed by atoms with Crippen LogP contribution in [-0.4, -0.2) is 24.6 Å². The van der Waals surface area contributed by atoms with E-state index in [9.17, 15) is 14.4 Å². The average molecular weight is 324 g/mol. The Labute approximate surface area is 141 Å². The van der Waals surface area contributed by atoms with Gasteiger partial charge in [-0.25, -0.2) is 0 Å². The molecule has 5 nitrogen and oxygen atoms in total. The number of carbonyl (C=O) groups excluding carboxylic acids is 3. The molecule has 0 bridgehead atoms. The van der Waals surface area contributed by atoms with Crippen molar-refractivity contribution in [3.05, 3.63) is 65.2 Å². The standard InChI is InChI=1S/C19H20N2O3/c1-13-7-9-14(10-8-13)17(22)11-12-18(23)21-16-6-4-3-5-15(16)19(24)20-2/h3-10H,11-12H2,1-2H3,(H,20,24)(H,21,23). The molecule has 0 aromatic heterocycles. The maximum atomic E-state index is 12.1. The lowest BCUT2D eigenvalue weighted by Crippen LogP contribution is -2.21. The number of aryl methyl sites for hydroxylation is 1. The summed E-state index contributed by atoms with van der Waals surface area (Å²) in [6.45, 7) is 1.95. The van der Waals surface area contributed by atoms with Crippen LogP contribution in [0.1, 0.15) is 39.1 Å². The molecule has 24 heavy (non-hydrogen) atoms. The zero-order valence-corrected chi connectivity index (χ0v) is 13.8. The topological polar surface area (TPSA) is 75.3 Å². The summed E-state index contributed by atoms with van der Waals surface area (Å²) in [6.07, 6.45) is 0.186. The van der Waals surface area contributed by atoms with Gasteiger partial charge in [0.05, 0.1) is 11.3 Å². The highest BCUT2D eigenvalue weighted by Gasteiger charge is 2.13. The minimum atomic E-state index is -0.299. The van der Waals surface area contributed by atoms with Crippen LogP contribution in [0.25, 0.3) is 0 Å². The summed E-state index contributed by atoms with van der Waals surface area (Å²) in [5, 5.41) is 5.22. The lowest BCUT2D eigenvalue weighted by molar-refractivity contribution is -0.116. The van der Waals surface area contributed by atoms with Crippen molar-refractivity contribution in [3.63, 3.8) is 0 Å². The van der Waals surface area contributed by atoms with Gasteiger partial charge >= 0.3 is 0 Å². The number of carbonyl (C=O) groups is 3. The van der Waals surface area contributed by atoms with Gasteiger partial charge in [0.2, 0.25) is 5.91 Å². The van der Waals surface area contributed by atoms with Crippen molar-refractivity contribution in [1.29, 1.82) is 0 Å². The highest BCUT2D eigenvalue weighted by Crippen LogP contribution is 2.16. The van der Waals surface area contributed by atoms with Crippen LogP contribution in [0.15, 0.2) is 48.5 Å². The number of benzene rings is 2. The van der Waals surface area contributed by atoms with Crippen LogP contribution in [0.5, 0.6) is 0 Å². The maximum absolute atomic E-state index is 12.1. The molecule has 0 unspecified atom stereocenters. The lowest BCUT2D eigenvalue weighted by Gasteiger charge is -2.10. The van der Waals surface area contributed by atoms with E-state index in [0.717, 1.165) is 5.56 Å². The van der Waals surface area contributed by atoms with Crippen LogP contribution < -0.4 is 10.6 Å². The quantitative estimate of drug-likeness (QED) is 0.802. The second-order valence-corrected chi connectivity index (χ2v) is 5.46. The molecule has 124 valence electrons. The molecule has 0 saturated carbocycles. The average Bonchev–Trinajstić information content (AvgIpc) is 2.60. The molecule has 0 saturated heterocycles. The van der Waals surface area contributed by atoms with Crippen LogP contribution in [0, 0.1) is 6.92 Å². The number of hydrogen-bond acceptors (Lipinski definition) is 3. The van der Waals surface area contributed by atoms with Crippen LogP contribution >= 0.6 is 0 Å². The molecule has 2 rings (SSSR count). The van der Waals surface area contributed by atoms with Gasteiger partial charge in [-0.1, -0.05) is 42.0 Å². The molecule has 2 aromatic rings. The first-order valence-electron chi connectivity index (χ1n) is 7.72. The highest BCUT2D eigenvalue weighted by atomic mass is 16.2. The number of hydrogen-bond donors (Lipinski definition) is 2. The molecule has 0 aliphatic heterocycles. The van der Waals surface area contributed by atoms with E-state index >= 15 is 0 Å². The predicted molar refractivity (Wildman–Crippen MR) is 93.2 cm³/mol. The zero-order chi connectivity index (χ0) is 17.5. The first kappa shape index (κ1) is 17.4. The van der Waals surface area contributed by atoms with E-state index in [1.54, 1.807) is 36.4 Å². The van der Waals surface area contributed by atoms with Crippen molar-refractivity contribution < 1.29 is 14.4 Å². The molecule has 0 spiro atoms. The number of Topliss-reactive ketones (excluding diaryl/α,β-unsaturated/α-hetero) is 1. The van der Waals surface area contributed by atoms with E-state index in [1.165, 1.54) is 7.05 Å². The maximum Gasteiger partial charge on any atom is 0.253 e. The van der Waals surface area contributed by atoms with Gasteiger partial charge in [0.1, 0.15) is 0 Å². The molecule has 2 aromatic carbocycles. The van der Waals surface area contributed by atoms with Crippen molar-refractivity contribution in [2.45, 2.75) is 19.8 Å². The summed E-state index contributed by atoms with van der Waals surface area (Å²) in [5.74, 6) is -0.654. The molecule has 0 fully saturated rings. The van der Waals surface area contributed by atoms with Gasteiger partial charge in [-0.05, 0) is 19.1 Å². The van der Waals surface area contributed by atoms with Crippen molar-refractivity contribution >= 4 is 23.3 Å². The predicted octanol–water partition coefficient (Wildman–Crippen LogP) is 2.96. The number of ketones is 1. The first-order valence-corrected chi connectivity index (χ1v) is 7.72. The third-order valence-corrected chi connectivity index (χ3v) is 3.63. The van der Waals surface area contributed by atoms with Gasteiger partial charge in [0, 0.05) is 25.5 Å². The lowest BCUT2D eigenvalue weighted by atomic mass is 10.0. The largest absolute Gasteiger partial charge is 0.355 e. The summed E-state index contributed by atoms with van der Waals surface area (Å²) in [6, 6.07) is 14.0. The first-order chi connectivity index (χ1) is 11.5. The second kappa shape index (κ2) is 8.06. The van der Waals surface area contributed by atoms with Crippen LogP contribution in [0.2, 0.25) is 0 Å². The third-order valence-electron chi connectivity index (χ3n) is 3.63. The van der Waals surface area contributed by atoms with Gasteiger partial charge in [0.25, 0.3) is 5.91 Å². The molecule has 2 amide bonds. The number of anilines is 1. The van der Waals surface area contributed by atoms with Crippen molar-refractivity contribution in [2.75, 3.05) is 12.4 Å². The highest BCUT2D eigenvalue weighted by molar-refractivity contribution is 6.05. The molecule has 0 atom stereocenters. The van der Waals surface area contributed by atoms with E-state index < -0.39 is 0 Å². The van der Waals surface area contributed by atoms with E-state index in [2.05, 4.69) is 10.6 Å². The van der Waals surface area contributed by atoms with Crippen LogP contribution in [-0.2, 0) is 4.79 Å². The summed E-state index contributed by atoms with van der Waals surface area (Å²) < 4.78 is 0. The molecule has 0 heterocycles. The second-order valence-electron chi connectivity index (χ2n) is 5.46. The third kappa shape index (κ3) is 4.52. The van der Waals surface area contributed by atoms with Gasteiger partial charge in [-0.3, -0.25) is 14.4 Å². The number of para-hydroxylation sites is 1. The summed E-state index contributed by atoms with van der Waals surface area (Å²) in [7, 11) is 1.53. The Morgan fingerprint density at radius 2 is 1.58 bits per heavy atom. The van der Waals surface area contributed by atoms with Crippen LogP contribution in [0.4, 0.5) is 5.69 Å². The van der Waals surface area contributed by atoms with Gasteiger partial charge in [-0.15, -0.1) is 0 Å². The Bertz CT molecular complexity index is 751. The minimum absolute atomic E-state index is 0.0643. The van der Waals surface area contributed by atoms with Gasteiger partial charge in [0.15, 0.2) is 5.78 Å². The van der Waals surface area contributed by atoms with Crippen molar-refractivity contribution in [2.24, 2.45) is 0 Å². The SMILES string of the molecule is CNC(=O)c1ccccc1NC(=O)CCC(=O)c1ccc(C)cc1. The number of amides is 2. The fraction of sp³-hybridized carbons (Fsp3) is 0.211. The Morgan fingerprint density at radius 1 is 0.917 bits per heavy atom. The van der Waals surface area contributed by atoms with E-state index in [0.29, 0.717) is 16.8 Å². The number of nitrogens with one attached hydrogen (secondary N) is 2. The Morgan fingerprint density at radius 3 is 2.25 bits per heavy atom. The molecule has 0 aliphatic carbocycles. The summed E-state index contributed by atoms with van der Waals surface area (Å²) >= 11 is 0. The molecule has 0 aliphatic rings. The monoisotopic (exact) mass is 324 g/mol.